The molecular weight excluding hydrogens is 360 g/mol. The number of benzene rings is 1. The molecule has 4 rings (SSSR count). The van der Waals surface area contributed by atoms with Crippen LogP contribution in [0.4, 0.5) is 0 Å². The van der Waals surface area contributed by atoms with Crippen molar-refractivity contribution in [3.63, 3.8) is 0 Å². The minimum atomic E-state index is -0.0764. The molecule has 3 aliphatic rings. The number of likely N-dealkylation sites (tertiary alicyclic amines) is 1. The average molecular weight is 389 g/mol. The Balaban J connectivity index is 0.00000210. The van der Waals surface area contributed by atoms with Crippen LogP contribution in [0.3, 0.4) is 0 Å². The number of imide groups is 1. The van der Waals surface area contributed by atoms with Crippen LogP contribution >= 0.6 is 0 Å². The molecule has 1 saturated heterocycles. The maximum Gasteiger partial charge on any atom is 0.233 e. The number of nitrogens with zero attached hydrogens (tertiary/aromatic N) is 2. The highest BCUT2D eigenvalue weighted by Crippen LogP contribution is 2.52. The first kappa shape index (κ1) is 20.1. The Morgan fingerprint density at radius 1 is 1.04 bits per heavy atom. The molecule has 1 aromatic carbocycles. The minimum absolute atomic E-state index is 0. The van der Waals surface area contributed by atoms with E-state index in [1.165, 1.54) is 16.7 Å². The number of quaternary nitrogens is 1. The number of rotatable bonds is 5. The third kappa shape index (κ3) is 3.45. The Morgan fingerprint density at radius 2 is 1.63 bits per heavy atom. The first-order chi connectivity index (χ1) is 12.3. The summed E-state index contributed by atoms with van der Waals surface area (Å²) in [5.41, 5.74) is 3.92. The highest BCUT2D eigenvalue weighted by atomic mass is 35.5. The fourth-order valence-electron chi connectivity index (χ4n) is 5.12. The lowest BCUT2D eigenvalue weighted by molar-refractivity contribution is -0.902. The topological polar surface area (TPSA) is 37.4 Å². The van der Waals surface area contributed by atoms with E-state index in [0.717, 1.165) is 24.0 Å². The Morgan fingerprint density at radius 3 is 2.19 bits per heavy atom. The van der Waals surface area contributed by atoms with Crippen LogP contribution in [0.2, 0.25) is 0 Å². The zero-order valence-electron chi connectivity index (χ0n) is 16.6. The van der Waals surface area contributed by atoms with Gasteiger partial charge in [0, 0.05) is 5.56 Å². The minimum Gasteiger partial charge on any atom is -1.00 e. The molecular formula is C22H29ClN2O2. The molecule has 1 aromatic rings. The van der Waals surface area contributed by atoms with Crippen LogP contribution in [0.25, 0.3) is 0 Å². The number of carbonyl (C=O) groups excluding carboxylic acids is 2. The van der Waals surface area contributed by atoms with E-state index in [-0.39, 0.29) is 36.1 Å². The standard InChI is InChI=1S/C22H29N2O2.ClH/c1-14-5-6-18(15(2)11-14)13-24(3,4)10-9-23-21(25)19-16-7-8-17(12-16)20(19)22(23)26;/h5-8,11,16-17,19-20H,9-10,12-13H2,1-4H3;1H/q+1;/p-1. The van der Waals surface area contributed by atoms with Gasteiger partial charge < -0.3 is 16.9 Å². The second kappa shape index (κ2) is 7.06. The Kier molecular flexibility index (Phi) is 5.26. The van der Waals surface area contributed by atoms with Crippen LogP contribution in [-0.2, 0) is 16.1 Å². The molecule has 0 radical (unpaired) electrons. The van der Waals surface area contributed by atoms with E-state index < -0.39 is 0 Å². The molecule has 5 heteroatoms. The van der Waals surface area contributed by atoms with Gasteiger partial charge in [-0.15, -0.1) is 0 Å². The molecule has 4 nitrogen and oxygen atoms in total. The lowest BCUT2D eigenvalue weighted by Crippen LogP contribution is -3.00. The van der Waals surface area contributed by atoms with Crippen molar-refractivity contribution >= 4 is 11.8 Å². The lowest BCUT2D eigenvalue weighted by atomic mass is 9.85. The van der Waals surface area contributed by atoms with Crippen molar-refractivity contribution in [2.45, 2.75) is 26.8 Å². The predicted octanol–water partition coefficient (Wildman–Crippen LogP) is -0.309. The summed E-state index contributed by atoms with van der Waals surface area (Å²) in [5, 5.41) is 0. The van der Waals surface area contributed by atoms with E-state index >= 15 is 0 Å². The number of hydrogen-bond donors (Lipinski definition) is 0. The molecule has 27 heavy (non-hydrogen) atoms. The first-order valence-corrected chi connectivity index (χ1v) is 9.68. The van der Waals surface area contributed by atoms with E-state index in [4.69, 9.17) is 0 Å². The van der Waals surface area contributed by atoms with Crippen molar-refractivity contribution in [3.05, 3.63) is 47.0 Å². The summed E-state index contributed by atoms with van der Waals surface area (Å²) in [7, 11) is 4.35. The summed E-state index contributed by atoms with van der Waals surface area (Å²) in [6.45, 7) is 6.48. The summed E-state index contributed by atoms with van der Waals surface area (Å²) in [6, 6.07) is 6.57. The number of allylic oxidation sites excluding steroid dienone is 2. The highest BCUT2D eigenvalue weighted by molar-refractivity contribution is 6.06. The summed E-state index contributed by atoms with van der Waals surface area (Å²) in [4.78, 5) is 27.2. The van der Waals surface area contributed by atoms with E-state index in [1.54, 1.807) is 4.90 Å². The normalized spacial score (nSPS) is 28.7. The quantitative estimate of drug-likeness (QED) is 0.394. The summed E-state index contributed by atoms with van der Waals surface area (Å²) >= 11 is 0. The lowest BCUT2D eigenvalue weighted by Gasteiger charge is -2.32. The summed E-state index contributed by atoms with van der Waals surface area (Å²) in [6.07, 6.45) is 5.30. The summed E-state index contributed by atoms with van der Waals surface area (Å²) < 4.78 is 0.765. The number of likely N-dealkylation sites (N-methyl/N-ethyl adjacent to an activating group) is 1. The zero-order valence-corrected chi connectivity index (χ0v) is 17.4. The van der Waals surface area contributed by atoms with Gasteiger partial charge in [-0.2, -0.15) is 0 Å². The fourth-order valence-corrected chi connectivity index (χ4v) is 5.12. The van der Waals surface area contributed by atoms with Crippen LogP contribution < -0.4 is 12.4 Å². The van der Waals surface area contributed by atoms with Gasteiger partial charge >= 0.3 is 0 Å². The van der Waals surface area contributed by atoms with Crippen LogP contribution in [0.15, 0.2) is 30.4 Å². The van der Waals surface area contributed by atoms with E-state index in [2.05, 4.69) is 58.3 Å². The van der Waals surface area contributed by atoms with Gasteiger partial charge in [-0.05, 0) is 37.7 Å². The Bertz CT molecular complexity index is 772. The highest BCUT2D eigenvalue weighted by Gasteiger charge is 2.59. The van der Waals surface area contributed by atoms with E-state index in [1.807, 2.05) is 0 Å². The van der Waals surface area contributed by atoms with Crippen molar-refractivity contribution in [1.29, 1.82) is 0 Å². The van der Waals surface area contributed by atoms with Crippen LogP contribution in [0, 0.1) is 37.5 Å². The van der Waals surface area contributed by atoms with Crippen LogP contribution in [0.5, 0.6) is 0 Å². The summed E-state index contributed by atoms with van der Waals surface area (Å²) in [5.74, 6) is 0.583. The van der Waals surface area contributed by atoms with Gasteiger partial charge in [0.15, 0.2) is 0 Å². The molecule has 2 amide bonds. The molecule has 2 bridgehead atoms. The van der Waals surface area contributed by atoms with Crippen LogP contribution in [0.1, 0.15) is 23.1 Å². The van der Waals surface area contributed by atoms with Crippen LogP contribution in [-0.4, -0.2) is 48.4 Å². The SMILES string of the molecule is Cc1ccc(C[N+](C)(C)CCN2C(=O)C3C4C=CC(C4)C3C2=O)c(C)c1.[Cl-]. The number of halogens is 1. The molecule has 0 N–H and O–H groups in total. The zero-order chi connectivity index (χ0) is 18.6. The monoisotopic (exact) mass is 388 g/mol. The molecule has 0 spiro atoms. The van der Waals surface area contributed by atoms with Gasteiger partial charge in [-0.3, -0.25) is 14.5 Å². The molecule has 0 aromatic heterocycles. The second-order valence-corrected chi connectivity index (χ2v) is 9.08. The van der Waals surface area contributed by atoms with E-state index in [0.29, 0.717) is 18.4 Å². The molecule has 146 valence electrons. The number of carbonyl (C=O) groups is 2. The van der Waals surface area contributed by atoms with Crippen molar-refractivity contribution in [3.8, 4) is 0 Å². The number of fused-ring (bicyclic) bond motifs is 5. The van der Waals surface area contributed by atoms with E-state index in [9.17, 15) is 9.59 Å². The number of hydrogen-bond acceptors (Lipinski definition) is 2. The maximum absolute atomic E-state index is 12.8. The molecule has 1 saturated carbocycles. The molecule has 2 aliphatic carbocycles. The smallest absolute Gasteiger partial charge is 0.233 e. The predicted molar refractivity (Wildman–Crippen MR) is 101 cm³/mol. The van der Waals surface area contributed by atoms with Crippen molar-refractivity contribution in [2.75, 3.05) is 27.2 Å². The van der Waals surface area contributed by atoms with Crippen molar-refractivity contribution < 1.29 is 26.5 Å². The molecule has 4 unspecified atom stereocenters. The average Bonchev–Trinajstić information content (AvgIpc) is 3.23. The molecule has 4 atom stereocenters. The van der Waals surface area contributed by atoms with Gasteiger partial charge in [0.2, 0.25) is 11.8 Å². The molecule has 1 heterocycles. The number of aryl methyl sites for hydroxylation is 2. The molecule has 1 aliphatic heterocycles. The van der Waals surface area contributed by atoms with Crippen molar-refractivity contribution in [1.82, 2.24) is 4.90 Å². The van der Waals surface area contributed by atoms with Gasteiger partial charge in [0.25, 0.3) is 0 Å². The Labute approximate surface area is 168 Å². The van der Waals surface area contributed by atoms with Crippen molar-refractivity contribution in [2.24, 2.45) is 23.7 Å². The van der Waals surface area contributed by atoms with Gasteiger partial charge in [-0.1, -0.05) is 35.9 Å². The third-order valence-corrected chi connectivity index (χ3v) is 6.59. The third-order valence-electron chi connectivity index (χ3n) is 6.59. The van der Waals surface area contributed by atoms with Gasteiger partial charge in [0.1, 0.15) is 6.54 Å². The van der Waals surface area contributed by atoms with Gasteiger partial charge in [-0.25, -0.2) is 0 Å². The first-order valence-electron chi connectivity index (χ1n) is 9.68. The molecule has 2 fully saturated rings. The maximum atomic E-state index is 12.8. The second-order valence-electron chi connectivity index (χ2n) is 9.08. The Hall–Kier alpha value is -1.65. The van der Waals surface area contributed by atoms with Gasteiger partial charge in [0.05, 0.1) is 39.0 Å². The largest absolute Gasteiger partial charge is 1.00 e. The number of amides is 2. The fraction of sp³-hybridized carbons (Fsp3) is 0.545.